The Morgan fingerprint density at radius 3 is 3.11 bits per heavy atom. The molecular formula is C7H11NO. The third-order valence-corrected chi connectivity index (χ3v) is 1.21. The highest BCUT2D eigenvalue weighted by atomic mass is 16.6. The number of hydrogen-bond acceptors (Lipinski definition) is 2. The van der Waals surface area contributed by atoms with E-state index in [4.69, 9.17) is 4.84 Å². The zero-order valence-electron chi connectivity index (χ0n) is 5.63. The van der Waals surface area contributed by atoms with Gasteiger partial charge in [0.05, 0.1) is 5.71 Å². The van der Waals surface area contributed by atoms with E-state index in [0.29, 0.717) is 0 Å². The van der Waals surface area contributed by atoms with Crippen molar-refractivity contribution >= 4 is 5.71 Å². The third kappa shape index (κ3) is 1.88. The van der Waals surface area contributed by atoms with Crippen LogP contribution in [-0.4, -0.2) is 12.3 Å². The molecule has 0 amide bonds. The van der Waals surface area contributed by atoms with Gasteiger partial charge in [-0.25, -0.2) is 0 Å². The number of oxime groups is 1. The summed E-state index contributed by atoms with van der Waals surface area (Å²) in [5.74, 6) is 0. The number of rotatable bonds is 1. The van der Waals surface area contributed by atoms with E-state index in [9.17, 15) is 0 Å². The van der Waals surface area contributed by atoms with Crippen molar-refractivity contribution < 1.29 is 4.84 Å². The van der Waals surface area contributed by atoms with Crippen molar-refractivity contribution in [3.8, 4) is 0 Å². The first-order valence-electron chi connectivity index (χ1n) is 3.25. The maximum atomic E-state index is 4.87. The summed E-state index contributed by atoms with van der Waals surface area (Å²) in [5.41, 5.74) is 1.06. The zero-order chi connectivity index (χ0) is 6.53. The summed E-state index contributed by atoms with van der Waals surface area (Å²) in [6.07, 6.45) is 6.13. The standard InChI is InChI=1S/C7H11NO/c1-2-4-7-5-3-6-9-8-7/h2,4H,3,5-6H2,1H3/b4-2+. The average molecular weight is 125 g/mol. The molecule has 0 N–H and O–H groups in total. The van der Waals surface area contributed by atoms with Crippen molar-refractivity contribution in [1.29, 1.82) is 0 Å². The monoisotopic (exact) mass is 125 g/mol. The van der Waals surface area contributed by atoms with Crippen LogP contribution in [0.2, 0.25) is 0 Å². The van der Waals surface area contributed by atoms with Crippen LogP contribution in [0.15, 0.2) is 17.3 Å². The number of hydrogen-bond donors (Lipinski definition) is 0. The molecule has 0 spiro atoms. The van der Waals surface area contributed by atoms with E-state index >= 15 is 0 Å². The van der Waals surface area contributed by atoms with Crippen LogP contribution in [0.5, 0.6) is 0 Å². The first-order valence-corrected chi connectivity index (χ1v) is 3.25. The Labute approximate surface area is 55.2 Å². The average Bonchev–Trinajstić information content (AvgIpc) is 1.91. The van der Waals surface area contributed by atoms with Gasteiger partial charge in [-0.15, -0.1) is 0 Å². The van der Waals surface area contributed by atoms with Gasteiger partial charge < -0.3 is 4.84 Å². The first kappa shape index (κ1) is 6.33. The lowest BCUT2D eigenvalue weighted by molar-refractivity contribution is 0.132. The van der Waals surface area contributed by atoms with E-state index in [1.807, 2.05) is 19.1 Å². The molecule has 0 aromatic heterocycles. The zero-order valence-corrected chi connectivity index (χ0v) is 5.63. The first-order chi connectivity index (χ1) is 4.43. The largest absolute Gasteiger partial charge is 0.396 e. The summed E-state index contributed by atoms with van der Waals surface area (Å²) in [5, 5.41) is 3.85. The summed E-state index contributed by atoms with van der Waals surface area (Å²) < 4.78 is 0. The smallest absolute Gasteiger partial charge is 0.117 e. The molecule has 0 radical (unpaired) electrons. The summed E-state index contributed by atoms with van der Waals surface area (Å²) in [4.78, 5) is 4.87. The van der Waals surface area contributed by atoms with Gasteiger partial charge in [-0.2, -0.15) is 0 Å². The Balaban J connectivity index is 2.46. The summed E-state index contributed by atoms with van der Waals surface area (Å²) in [6.45, 7) is 2.76. The summed E-state index contributed by atoms with van der Waals surface area (Å²) in [6, 6.07) is 0. The van der Waals surface area contributed by atoms with Crippen LogP contribution in [0.25, 0.3) is 0 Å². The minimum absolute atomic E-state index is 0.779. The summed E-state index contributed by atoms with van der Waals surface area (Å²) in [7, 11) is 0. The van der Waals surface area contributed by atoms with Crippen molar-refractivity contribution in [3.63, 3.8) is 0 Å². The van der Waals surface area contributed by atoms with Crippen molar-refractivity contribution in [2.24, 2.45) is 5.16 Å². The van der Waals surface area contributed by atoms with Gasteiger partial charge in [0.2, 0.25) is 0 Å². The molecular weight excluding hydrogens is 114 g/mol. The Kier molecular flexibility index (Phi) is 2.31. The molecule has 50 valence electrons. The number of nitrogens with zero attached hydrogens (tertiary/aromatic N) is 1. The summed E-state index contributed by atoms with van der Waals surface area (Å²) >= 11 is 0. The van der Waals surface area contributed by atoms with Crippen LogP contribution in [0.4, 0.5) is 0 Å². The SMILES string of the molecule is C/C=C/C1=NOCCC1. The van der Waals surface area contributed by atoms with E-state index in [2.05, 4.69) is 5.16 Å². The minimum atomic E-state index is 0.779. The molecule has 0 aromatic rings. The minimum Gasteiger partial charge on any atom is -0.396 e. The van der Waals surface area contributed by atoms with Gasteiger partial charge in [0.1, 0.15) is 6.61 Å². The second-order valence-corrected chi connectivity index (χ2v) is 2.02. The molecule has 1 heterocycles. The van der Waals surface area contributed by atoms with Crippen LogP contribution in [0.3, 0.4) is 0 Å². The molecule has 0 aromatic carbocycles. The van der Waals surface area contributed by atoms with Gasteiger partial charge in [0.25, 0.3) is 0 Å². The van der Waals surface area contributed by atoms with Gasteiger partial charge in [-0.3, -0.25) is 0 Å². The maximum Gasteiger partial charge on any atom is 0.117 e. The fraction of sp³-hybridized carbons (Fsp3) is 0.571. The lowest BCUT2D eigenvalue weighted by Crippen LogP contribution is -2.04. The molecule has 0 fully saturated rings. The molecule has 0 aliphatic carbocycles. The predicted molar refractivity (Wildman–Crippen MR) is 37.4 cm³/mol. The van der Waals surface area contributed by atoms with Crippen LogP contribution in [0, 0.1) is 0 Å². The van der Waals surface area contributed by atoms with E-state index in [0.717, 1.165) is 25.2 Å². The quantitative estimate of drug-likeness (QED) is 0.523. The molecule has 0 atom stereocenters. The third-order valence-electron chi connectivity index (χ3n) is 1.21. The Morgan fingerprint density at radius 2 is 2.56 bits per heavy atom. The molecule has 0 unspecified atom stereocenters. The molecule has 1 aliphatic heterocycles. The fourth-order valence-electron chi connectivity index (χ4n) is 0.798. The van der Waals surface area contributed by atoms with Gasteiger partial charge in [-0.05, 0) is 25.8 Å². The molecule has 0 saturated heterocycles. The topological polar surface area (TPSA) is 21.6 Å². The molecule has 9 heavy (non-hydrogen) atoms. The molecule has 2 nitrogen and oxygen atoms in total. The molecule has 0 bridgehead atoms. The van der Waals surface area contributed by atoms with Crippen LogP contribution < -0.4 is 0 Å². The van der Waals surface area contributed by atoms with Crippen LogP contribution in [-0.2, 0) is 4.84 Å². The Morgan fingerprint density at radius 1 is 1.67 bits per heavy atom. The van der Waals surface area contributed by atoms with Gasteiger partial charge in [-0.1, -0.05) is 11.2 Å². The lowest BCUT2D eigenvalue weighted by atomic mass is 10.2. The maximum absolute atomic E-state index is 4.87. The fourth-order valence-corrected chi connectivity index (χ4v) is 0.798. The second-order valence-electron chi connectivity index (χ2n) is 2.02. The van der Waals surface area contributed by atoms with Gasteiger partial charge in [0, 0.05) is 0 Å². The molecule has 2 heteroatoms. The highest BCUT2D eigenvalue weighted by Gasteiger charge is 2.00. The molecule has 1 aliphatic rings. The number of allylic oxidation sites excluding steroid dienone is 2. The lowest BCUT2D eigenvalue weighted by Gasteiger charge is -2.06. The van der Waals surface area contributed by atoms with E-state index in [1.54, 1.807) is 0 Å². The van der Waals surface area contributed by atoms with E-state index in [-0.39, 0.29) is 0 Å². The normalized spacial score (nSPS) is 19.4. The van der Waals surface area contributed by atoms with E-state index in [1.165, 1.54) is 0 Å². The Hall–Kier alpha value is -0.790. The highest BCUT2D eigenvalue weighted by Crippen LogP contribution is 2.02. The van der Waals surface area contributed by atoms with E-state index < -0.39 is 0 Å². The Bertz CT molecular complexity index is 138. The molecule has 0 saturated carbocycles. The van der Waals surface area contributed by atoms with Gasteiger partial charge >= 0.3 is 0 Å². The van der Waals surface area contributed by atoms with Gasteiger partial charge in [0.15, 0.2) is 0 Å². The predicted octanol–water partition coefficient (Wildman–Crippen LogP) is 1.73. The highest BCUT2D eigenvalue weighted by molar-refractivity contribution is 5.94. The van der Waals surface area contributed by atoms with Crippen molar-refractivity contribution in [1.82, 2.24) is 0 Å². The van der Waals surface area contributed by atoms with Crippen LogP contribution in [0.1, 0.15) is 19.8 Å². The van der Waals surface area contributed by atoms with Crippen molar-refractivity contribution in [3.05, 3.63) is 12.2 Å². The van der Waals surface area contributed by atoms with Crippen LogP contribution >= 0.6 is 0 Å². The van der Waals surface area contributed by atoms with Crippen molar-refractivity contribution in [2.45, 2.75) is 19.8 Å². The van der Waals surface area contributed by atoms with Crippen molar-refractivity contribution in [2.75, 3.05) is 6.61 Å². The second kappa shape index (κ2) is 3.28. The molecule has 1 rings (SSSR count).